The van der Waals surface area contributed by atoms with Crippen LogP contribution >= 0.6 is 0 Å². The van der Waals surface area contributed by atoms with Gasteiger partial charge in [0.25, 0.3) is 0 Å². The number of carboxylic acids is 1. The standard InChI is InChI=1S/C11H13NO3/c13-9-5-8(7-3-1-2-4-7)6-12-10(9)11(14)15/h6-7H,1-5H2,(H,14,15). The lowest BCUT2D eigenvalue weighted by Crippen LogP contribution is -2.27. The van der Waals surface area contributed by atoms with Gasteiger partial charge in [-0.15, -0.1) is 0 Å². The first-order chi connectivity index (χ1) is 7.18. The maximum Gasteiger partial charge on any atom is 0.358 e. The Morgan fingerprint density at radius 3 is 2.60 bits per heavy atom. The molecule has 0 amide bonds. The number of hydrogen-bond donors (Lipinski definition) is 1. The lowest BCUT2D eigenvalue weighted by molar-refractivity contribution is -0.130. The Kier molecular flexibility index (Phi) is 2.66. The van der Waals surface area contributed by atoms with Crippen molar-refractivity contribution in [2.24, 2.45) is 10.9 Å². The van der Waals surface area contributed by atoms with Crippen LogP contribution in [0.5, 0.6) is 0 Å². The summed E-state index contributed by atoms with van der Waals surface area (Å²) in [5, 5.41) is 8.68. The molecule has 0 atom stereocenters. The van der Waals surface area contributed by atoms with Crippen LogP contribution in [0, 0.1) is 5.92 Å². The highest BCUT2D eigenvalue weighted by Gasteiger charge is 2.28. The van der Waals surface area contributed by atoms with Crippen molar-refractivity contribution in [3.8, 4) is 0 Å². The maximum absolute atomic E-state index is 11.5. The van der Waals surface area contributed by atoms with E-state index >= 15 is 0 Å². The van der Waals surface area contributed by atoms with E-state index in [1.165, 1.54) is 12.8 Å². The third-order valence-electron chi connectivity index (χ3n) is 3.07. The summed E-state index contributed by atoms with van der Waals surface area (Å²) in [5.41, 5.74) is 0.694. The molecule has 4 heteroatoms. The van der Waals surface area contributed by atoms with Gasteiger partial charge in [-0.2, -0.15) is 0 Å². The molecule has 2 rings (SSSR count). The minimum Gasteiger partial charge on any atom is -0.476 e. The molecule has 0 aromatic rings. The number of carbonyl (C=O) groups is 2. The van der Waals surface area contributed by atoms with E-state index in [4.69, 9.17) is 5.11 Å². The van der Waals surface area contributed by atoms with Gasteiger partial charge in [-0.25, -0.2) is 9.79 Å². The van der Waals surface area contributed by atoms with Crippen molar-refractivity contribution < 1.29 is 14.7 Å². The predicted molar refractivity (Wildman–Crippen MR) is 54.7 cm³/mol. The molecular weight excluding hydrogens is 194 g/mol. The zero-order chi connectivity index (χ0) is 10.8. The Morgan fingerprint density at radius 2 is 2.07 bits per heavy atom. The number of ketones is 1. The molecule has 0 saturated heterocycles. The summed E-state index contributed by atoms with van der Waals surface area (Å²) in [6, 6.07) is 0. The number of aliphatic imine (C=N–C) groups is 1. The van der Waals surface area contributed by atoms with Crippen LogP contribution in [-0.2, 0) is 9.59 Å². The Balaban J connectivity index is 2.17. The van der Waals surface area contributed by atoms with E-state index in [0.29, 0.717) is 5.92 Å². The SMILES string of the molecule is O=C(O)C1=NC=C(C2CCCC2)CC1=O. The molecule has 0 unspecified atom stereocenters. The van der Waals surface area contributed by atoms with Gasteiger partial charge < -0.3 is 5.11 Å². The summed E-state index contributed by atoms with van der Waals surface area (Å²) >= 11 is 0. The van der Waals surface area contributed by atoms with Gasteiger partial charge in [0, 0.05) is 12.6 Å². The summed E-state index contributed by atoms with van der Waals surface area (Å²) in [4.78, 5) is 25.8. The Labute approximate surface area is 87.7 Å². The van der Waals surface area contributed by atoms with E-state index in [1.54, 1.807) is 6.20 Å². The number of nitrogens with zero attached hydrogens (tertiary/aromatic N) is 1. The smallest absolute Gasteiger partial charge is 0.358 e. The number of carbonyl (C=O) groups excluding carboxylic acids is 1. The molecule has 15 heavy (non-hydrogen) atoms. The first kappa shape index (κ1) is 10.1. The molecule has 2 aliphatic rings. The molecule has 1 aliphatic carbocycles. The molecule has 4 nitrogen and oxygen atoms in total. The topological polar surface area (TPSA) is 66.7 Å². The molecule has 0 aromatic carbocycles. The molecule has 80 valence electrons. The number of aliphatic carboxylic acids is 1. The van der Waals surface area contributed by atoms with E-state index in [0.717, 1.165) is 18.4 Å². The zero-order valence-electron chi connectivity index (χ0n) is 8.40. The summed E-state index contributed by atoms with van der Waals surface area (Å²) in [6.07, 6.45) is 6.45. The average Bonchev–Trinajstić information content (AvgIpc) is 2.69. The van der Waals surface area contributed by atoms with Gasteiger partial charge in [-0.1, -0.05) is 12.8 Å². The summed E-state index contributed by atoms with van der Waals surface area (Å²) in [6.45, 7) is 0. The second-order valence-corrected chi connectivity index (χ2v) is 4.07. The van der Waals surface area contributed by atoms with Crippen LogP contribution in [0.4, 0.5) is 0 Å². The van der Waals surface area contributed by atoms with Crippen molar-refractivity contribution in [3.05, 3.63) is 11.8 Å². The normalized spacial score (nSPS) is 22.5. The Bertz CT molecular complexity index is 362. The second-order valence-electron chi connectivity index (χ2n) is 4.07. The lowest BCUT2D eigenvalue weighted by atomic mass is 9.91. The Hall–Kier alpha value is -1.45. The fourth-order valence-electron chi connectivity index (χ4n) is 2.26. The summed E-state index contributed by atoms with van der Waals surface area (Å²) in [5.74, 6) is -1.12. The largest absolute Gasteiger partial charge is 0.476 e. The highest BCUT2D eigenvalue weighted by atomic mass is 16.4. The third-order valence-corrected chi connectivity index (χ3v) is 3.07. The van der Waals surface area contributed by atoms with E-state index in [2.05, 4.69) is 4.99 Å². The molecule has 1 N–H and O–H groups in total. The zero-order valence-corrected chi connectivity index (χ0v) is 8.40. The van der Waals surface area contributed by atoms with Gasteiger partial charge in [0.1, 0.15) is 0 Å². The van der Waals surface area contributed by atoms with Crippen LogP contribution in [-0.4, -0.2) is 22.6 Å². The van der Waals surface area contributed by atoms with Crippen molar-refractivity contribution in [2.45, 2.75) is 32.1 Å². The van der Waals surface area contributed by atoms with Gasteiger partial charge >= 0.3 is 5.97 Å². The molecule has 0 radical (unpaired) electrons. The third kappa shape index (κ3) is 1.98. The van der Waals surface area contributed by atoms with Crippen molar-refractivity contribution in [2.75, 3.05) is 0 Å². The first-order valence-electron chi connectivity index (χ1n) is 5.21. The minimum absolute atomic E-state index is 0.246. The summed E-state index contributed by atoms with van der Waals surface area (Å²) in [7, 11) is 0. The van der Waals surface area contributed by atoms with Crippen LogP contribution in [0.15, 0.2) is 16.8 Å². The van der Waals surface area contributed by atoms with Crippen LogP contribution in [0.1, 0.15) is 32.1 Å². The van der Waals surface area contributed by atoms with Gasteiger partial charge in [0.05, 0.1) is 0 Å². The number of carboxylic acid groups (broad SMARTS) is 1. The molecule has 1 fully saturated rings. The van der Waals surface area contributed by atoms with Gasteiger partial charge in [-0.05, 0) is 24.3 Å². The van der Waals surface area contributed by atoms with Gasteiger partial charge in [0.15, 0.2) is 11.5 Å². The highest BCUT2D eigenvalue weighted by molar-refractivity contribution is 6.64. The lowest BCUT2D eigenvalue weighted by Gasteiger charge is -2.15. The molecular formula is C11H13NO3. The highest BCUT2D eigenvalue weighted by Crippen LogP contribution is 2.33. The van der Waals surface area contributed by atoms with Crippen molar-refractivity contribution in [1.29, 1.82) is 0 Å². The van der Waals surface area contributed by atoms with Gasteiger partial charge in [-0.3, -0.25) is 4.79 Å². The molecule has 1 saturated carbocycles. The fourth-order valence-corrected chi connectivity index (χ4v) is 2.26. The van der Waals surface area contributed by atoms with Crippen molar-refractivity contribution in [1.82, 2.24) is 0 Å². The number of Topliss-reactive ketones (excluding diaryl/α,β-unsaturated/α-hetero) is 1. The Morgan fingerprint density at radius 1 is 1.40 bits per heavy atom. The molecule has 0 bridgehead atoms. The van der Waals surface area contributed by atoms with Crippen molar-refractivity contribution >= 4 is 17.5 Å². The van der Waals surface area contributed by atoms with E-state index < -0.39 is 5.97 Å². The van der Waals surface area contributed by atoms with Crippen LogP contribution in [0.25, 0.3) is 0 Å². The van der Waals surface area contributed by atoms with Crippen LogP contribution in [0.2, 0.25) is 0 Å². The van der Waals surface area contributed by atoms with Crippen molar-refractivity contribution in [3.63, 3.8) is 0 Å². The molecule has 0 spiro atoms. The monoisotopic (exact) mass is 207 g/mol. The quantitative estimate of drug-likeness (QED) is 0.747. The molecule has 0 aromatic heterocycles. The van der Waals surface area contributed by atoms with Gasteiger partial charge in [0.2, 0.25) is 0 Å². The average molecular weight is 207 g/mol. The number of rotatable bonds is 2. The van der Waals surface area contributed by atoms with Crippen LogP contribution < -0.4 is 0 Å². The fraction of sp³-hybridized carbons (Fsp3) is 0.545. The second kappa shape index (κ2) is 3.96. The number of allylic oxidation sites excluding steroid dienone is 1. The minimum atomic E-state index is -1.22. The van der Waals surface area contributed by atoms with Crippen LogP contribution in [0.3, 0.4) is 0 Å². The molecule has 1 aliphatic heterocycles. The number of hydrogen-bond acceptors (Lipinski definition) is 3. The maximum atomic E-state index is 11.5. The summed E-state index contributed by atoms with van der Waals surface area (Å²) < 4.78 is 0. The first-order valence-corrected chi connectivity index (χ1v) is 5.21. The van der Waals surface area contributed by atoms with E-state index in [-0.39, 0.29) is 17.9 Å². The predicted octanol–water partition coefficient (Wildman–Crippen LogP) is 1.56. The van der Waals surface area contributed by atoms with E-state index in [1.807, 2.05) is 0 Å². The molecule has 1 heterocycles. The van der Waals surface area contributed by atoms with E-state index in [9.17, 15) is 9.59 Å².